The number of aromatic amines is 1. The molecule has 1 aliphatic rings. The van der Waals surface area contributed by atoms with Gasteiger partial charge in [-0.05, 0) is 66.1 Å². The van der Waals surface area contributed by atoms with Gasteiger partial charge in [0, 0.05) is 11.5 Å². The summed E-state index contributed by atoms with van der Waals surface area (Å²) in [4.78, 5) is 19.6. The van der Waals surface area contributed by atoms with Crippen LogP contribution in [0.5, 0.6) is 5.75 Å². The second kappa shape index (κ2) is 6.17. The van der Waals surface area contributed by atoms with Gasteiger partial charge in [0.15, 0.2) is 0 Å². The molecule has 0 unspecified atom stereocenters. The molecule has 0 bridgehead atoms. The fourth-order valence-corrected chi connectivity index (χ4v) is 2.86. The predicted molar refractivity (Wildman–Crippen MR) is 90.8 cm³/mol. The highest BCUT2D eigenvalue weighted by Crippen LogP contribution is 2.40. The van der Waals surface area contributed by atoms with Crippen molar-refractivity contribution >= 4 is 22.6 Å². The number of nitrogens with one attached hydrogen (secondary N) is 1. The highest BCUT2D eigenvalue weighted by atomic mass is 127. The minimum atomic E-state index is -0.0474. The van der Waals surface area contributed by atoms with E-state index in [9.17, 15) is 4.79 Å². The van der Waals surface area contributed by atoms with Crippen LogP contribution < -0.4 is 10.3 Å². The standard InChI is InChI=1S/C16H17IN2O2/c1-2-9-21-12-7-5-11(6-8-12)15-18-14(10-3-4-10)13(17)16(20)19-15/h5-8,10H,2-4,9H2,1H3,(H,18,19,20). The highest BCUT2D eigenvalue weighted by molar-refractivity contribution is 14.1. The van der Waals surface area contributed by atoms with Gasteiger partial charge in [0.2, 0.25) is 0 Å². The van der Waals surface area contributed by atoms with Gasteiger partial charge < -0.3 is 9.72 Å². The monoisotopic (exact) mass is 396 g/mol. The van der Waals surface area contributed by atoms with Gasteiger partial charge >= 0.3 is 0 Å². The number of H-pyrrole nitrogens is 1. The maximum atomic E-state index is 12.0. The van der Waals surface area contributed by atoms with Crippen LogP contribution in [0, 0.1) is 3.57 Å². The molecule has 5 heteroatoms. The number of nitrogens with zero attached hydrogens (tertiary/aromatic N) is 1. The molecule has 0 atom stereocenters. The van der Waals surface area contributed by atoms with Crippen molar-refractivity contribution in [3.63, 3.8) is 0 Å². The first kappa shape index (κ1) is 14.6. The maximum Gasteiger partial charge on any atom is 0.264 e. The summed E-state index contributed by atoms with van der Waals surface area (Å²) in [7, 11) is 0. The summed E-state index contributed by atoms with van der Waals surface area (Å²) in [5.41, 5.74) is 1.81. The van der Waals surface area contributed by atoms with Crippen LogP contribution in [-0.4, -0.2) is 16.6 Å². The van der Waals surface area contributed by atoms with Gasteiger partial charge in [0.1, 0.15) is 11.6 Å². The first-order valence-electron chi connectivity index (χ1n) is 7.22. The molecule has 1 saturated carbocycles. The Kier molecular flexibility index (Phi) is 4.28. The van der Waals surface area contributed by atoms with Crippen molar-refractivity contribution in [2.75, 3.05) is 6.61 Å². The number of benzene rings is 1. The van der Waals surface area contributed by atoms with Crippen LogP contribution in [-0.2, 0) is 0 Å². The van der Waals surface area contributed by atoms with E-state index in [0.717, 1.165) is 39.8 Å². The van der Waals surface area contributed by atoms with Gasteiger partial charge in [-0.3, -0.25) is 4.79 Å². The van der Waals surface area contributed by atoms with E-state index in [4.69, 9.17) is 4.74 Å². The van der Waals surface area contributed by atoms with E-state index >= 15 is 0 Å². The molecule has 0 amide bonds. The average molecular weight is 396 g/mol. The zero-order valence-electron chi connectivity index (χ0n) is 11.9. The Balaban J connectivity index is 1.91. The molecule has 4 nitrogen and oxygen atoms in total. The van der Waals surface area contributed by atoms with Crippen molar-refractivity contribution in [2.45, 2.75) is 32.1 Å². The Labute approximate surface area is 137 Å². The Morgan fingerprint density at radius 3 is 2.67 bits per heavy atom. The fraction of sp³-hybridized carbons (Fsp3) is 0.375. The van der Waals surface area contributed by atoms with Crippen LogP contribution in [0.3, 0.4) is 0 Å². The molecule has 0 saturated heterocycles. The van der Waals surface area contributed by atoms with E-state index in [1.54, 1.807) is 0 Å². The second-order valence-corrected chi connectivity index (χ2v) is 6.34. The van der Waals surface area contributed by atoms with Crippen molar-refractivity contribution in [3.8, 4) is 17.1 Å². The summed E-state index contributed by atoms with van der Waals surface area (Å²) in [6, 6.07) is 7.71. The van der Waals surface area contributed by atoms with E-state index in [1.807, 2.05) is 24.3 Å². The smallest absolute Gasteiger partial charge is 0.264 e. The number of halogens is 1. The van der Waals surface area contributed by atoms with Crippen LogP contribution in [0.15, 0.2) is 29.1 Å². The lowest BCUT2D eigenvalue weighted by molar-refractivity contribution is 0.317. The molecule has 110 valence electrons. The zero-order chi connectivity index (χ0) is 14.8. The summed E-state index contributed by atoms with van der Waals surface area (Å²) in [5.74, 6) is 1.95. The largest absolute Gasteiger partial charge is 0.494 e. The van der Waals surface area contributed by atoms with Crippen LogP contribution in [0.1, 0.15) is 37.8 Å². The molecular weight excluding hydrogens is 379 g/mol. The molecule has 1 aromatic carbocycles. The third-order valence-corrected chi connectivity index (χ3v) is 4.50. The second-order valence-electron chi connectivity index (χ2n) is 5.26. The van der Waals surface area contributed by atoms with E-state index in [0.29, 0.717) is 18.3 Å². The third kappa shape index (κ3) is 3.28. The number of hydrogen-bond donors (Lipinski definition) is 1. The van der Waals surface area contributed by atoms with E-state index < -0.39 is 0 Å². The number of hydrogen-bond acceptors (Lipinski definition) is 3. The average Bonchev–Trinajstić information content (AvgIpc) is 3.33. The summed E-state index contributed by atoms with van der Waals surface area (Å²) in [6.07, 6.45) is 3.25. The molecule has 21 heavy (non-hydrogen) atoms. The molecule has 0 aliphatic heterocycles. The summed E-state index contributed by atoms with van der Waals surface area (Å²) in [5, 5.41) is 0. The van der Waals surface area contributed by atoms with Gasteiger partial charge in [-0.25, -0.2) is 4.98 Å². The van der Waals surface area contributed by atoms with Gasteiger partial charge in [-0.2, -0.15) is 0 Å². The maximum absolute atomic E-state index is 12.0. The predicted octanol–water partition coefficient (Wildman–Crippen LogP) is 3.71. The Morgan fingerprint density at radius 1 is 1.33 bits per heavy atom. The molecule has 2 aromatic rings. The Bertz CT molecular complexity index is 690. The number of aromatic nitrogens is 2. The topological polar surface area (TPSA) is 55.0 Å². The molecule has 0 radical (unpaired) electrons. The lowest BCUT2D eigenvalue weighted by Crippen LogP contribution is -2.15. The summed E-state index contributed by atoms with van der Waals surface area (Å²) >= 11 is 2.09. The Morgan fingerprint density at radius 2 is 2.05 bits per heavy atom. The van der Waals surface area contributed by atoms with Gasteiger partial charge in [-0.1, -0.05) is 6.92 Å². The van der Waals surface area contributed by atoms with Crippen LogP contribution >= 0.6 is 22.6 Å². The van der Waals surface area contributed by atoms with Gasteiger partial charge in [0.25, 0.3) is 5.56 Å². The summed E-state index contributed by atoms with van der Waals surface area (Å²) in [6.45, 7) is 2.79. The lowest BCUT2D eigenvalue weighted by atomic mass is 10.2. The summed E-state index contributed by atoms with van der Waals surface area (Å²) < 4.78 is 6.29. The Hall–Kier alpha value is -1.37. The molecule has 1 heterocycles. The van der Waals surface area contributed by atoms with E-state index in [2.05, 4.69) is 39.5 Å². The van der Waals surface area contributed by atoms with Crippen LogP contribution in [0.2, 0.25) is 0 Å². The number of ether oxygens (including phenoxy) is 1. The first-order valence-corrected chi connectivity index (χ1v) is 8.30. The fourth-order valence-electron chi connectivity index (χ4n) is 2.17. The van der Waals surface area contributed by atoms with Gasteiger partial charge in [0.05, 0.1) is 15.9 Å². The van der Waals surface area contributed by atoms with Crippen molar-refractivity contribution in [3.05, 3.63) is 43.9 Å². The normalized spacial score (nSPS) is 14.2. The molecular formula is C16H17IN2O2. The third-order valence-electron chi connectivity index (χ3n) is 3.45. The van der Waals surface area contributed by atoms with Gasteiger partial charge in [-0.15, -0.1) is 0 Å². The van der Waals surface area contributed by atoms with Crippen molar-refractivity contribution in [2.24, 2.45) is 0 Å². The van der Waals surface area contributed by atoms with Crippen molar-refractivity contribution in [1.29, 1.82) is 0 Å². The SMILES string of the molecule is CCCOc1ccc(-c2nc(C3CC3)c(I)c(=O)[nH]2)cc1. The quantitative estimate of drug-likeness (QED) is 0.785. The minimum Gasteiger partial charge on any atom is -0.494 e. The number of rotatable bonds is 5. The minimum absolute atomic E-state index is 0.0474. The zero-order valence-corrected chi connectivity index (χ0v) is 14.0. The molecule has 3 rings (SSSR count). The van der Waals surface area contributed by atoms with Crippen LogP contribution in [0.25, 0.3) is 11.4 Å². The molecule has 1 aliphatic carbocycles. The van der Waals surface area contributed by atoms with E-state index in [-0.39, 0.29) is 5.56 Å². The molecule has 0 spiro atoms. The van der Waals surface area contributed by atoms with Crippen molar-refractivity contribution in [1.82, 2.24) is 9.97 Å². The molecule has 1 aromatic heterocycles. The highest BCUT2D eigenvalue weighted by Gasteiger charge is 2.28. The lowest BCUT2D eigenvalue weighted by Gasteiger charge is -2.08. The van der Waals surface area contributed by atoms with Crippen molar-refractivity contribution < 1.29 is 4.74 Å². The molecule has 1 N–H and O–H groups in total. The van der Waals surface area contributed by atoms with E-state index in [1.165, 1.54) is 0 Å². The molecule has 1 fully saturated rings. The first-order chi connectivity index (χ1) is 10.2. The van der Waals surface area contributed by atoms with Crippen LogP contribution in [0.4, 0.5) is 0 Å².